The van der Waals surface area contributed by atoms with E-state index in [2.05, 4.69) is 10.2 Å². The number of H-pyrrole nitrogens is 1. The van der Waals surface area contributed by atoms with E-state index in [4.69, 9.17) is 23.2 Å². The lowest BCUT2D eigenvalue weighted by Gasteiger charge is -1.95. The molecule has 0 saturated heterocycles. The van der Waals surface area contributed by atoms with Gasteiger partial charge < -0.3 is 0 Å². The van der Waals surface area contributed by atoms with E-state index < -0.39 is 0 Å². The Hall–Kier alpha value is -0.730. The molecule has 0 aliphatic heterocycles. The molecule has 1 heterocycles. The maximum Gasteiger partial charge on any atom is 0.132 e. The first-order valence-electron chi connectivity index (χ1n) is 3.49. The maximum atomic E-state index is 5.90. The molecule has 4 heteroatoms. The van der Waals surface area contributed by atoms with Gasteiger partial charge >= 0.3 is 0 Å². The average Bonchev–Trinajstić information content (AvgIpc) is 2.42. The normalized spacial score (nSPS) is 10.9. The topological polar surface area (TPSA) is 28.7 Å². The predicted octanol–water partition coefficient (Wildman–Crippen LogP) is 3.18. The van der Waals surface area contributed by atoms with Crippen LogP contribution in [-0.4, -0.2) is 10.2 Å². The van der Waals surface area contributed by atoms with E-state index in [1.54, 1.807) is 0 Å². The molecule has 12 heavy (non-hydrogen) atoms. The Morgan fingerprint density at radius 1 is 1.33 bits per heavy atom. The van der Waals surface area contributed by atoms with Crippen molar-refractivity contribution in [3.63, 3.8) is 0 Å². The smallest absolute Gasteiger partial charge is 0.132 e. The molecule has 0 saturated carbocycles. The first-order chi connectivity index (χ1) is 5.70. The van der Waals surface area contributed by atoms with Gasteiger partial charge in [-0.3, -0.25) is 5.10 Å². The Balaban J connectivity index is 2.98. The molecule has 2 rings (SSSR count). The molecular formula is C8H6Cl2N2. The highest BCUT2D eigenvalue weighted by Gasteiger charge is 2.08. The van der Waals surface area contributed by atoms with E-state index in [1.807, 2.05) is 19.1 Å². The monoisotopic (exact) mass is 200 g/mol. The van der Waals surface area contributed by atoms with Gasteiger partial charge in [-0.15, -0.1) is 0 Å². The van der Waals surface area contributed by atoms with Crippen LogP contribution in [0.25, 0.3) is 10.9 Å². The van der Waals surface area contributed by atoms with Crippen LogP contribution in [0.5, 0.6) is 0 Å². The van der Waals surface area contributed by atoms with E-state index >= 15 is 0 Å². The van der Waals surface area contributed by atoms with Crippen molar-refractivity contribution in [3.8, 4) is 0 Å². The number of halogens is 2. The lowest BCUT2D eigenvalue weighted by atomic mass is 10.1. The maximum absolute atomic E-state index is 5.90. The number of aromatic nitrogens is 2. The van der Waals surface area contributed by atoms with Gasteiger partial charge in [-0.25, -0.2) is 0 Å². The Morgan fingerprint density at radius 2 is 2.08 bits per heavy atom. The largest absolute Gasteiger partial charge is 0.266 e. The number of hydrogen-bond donors (Lipinski definition) is 1. The minimum absolute atomic E-state index is 0.546. The highest BCUT2D eigenvalue weighted by Crippen LogP contribution is 2.29. The first-order valence-corrected chi connectivity index (χ1v) is 4.24. The second-order valence-corrected chi connectivity index (χ2v) is 3.41. The third-order valence-corrected chi connectivity index (χ3v) is 2.40. The van der Waals surface area contributed by atoms with Crippen LogP contribution in [0.4, 0.5) is 0 Å². The van der Waals surface area contributed by atoms with E-state index in [-0.39, 0.29) is 0 Å². The van der Waals surface area contributed by atoms with Crippen molar-refractivity contribution >= 4 is 34.1 Å². The van der Waals surface area contributed by atoms with Gasteiger partial charge in [0.25, 0.3) is 0 Å². The fraction of sp³-hybridized carbons (Fsp3) is 0.125. The first kappa shape index (κ1) is 7.90. The second kappa shape index (κ2) is 2.64. The van der Waals surface area contributed by atoms with Crippen LogP contribution in [0.2, 0.25) is 10.2 Å². The van der Waals surface area contributed by atoms with Crippen LogP contribution in [0.3, 0.4) is 0 Å². The van der Waals surface area contributed by atoms with Gasteiger partial charge in [0.1, 0.15) is 10.7 Å². The fourth-order valence-electron chi connectivity index (χ4n) is 1.21. The molecule has 1 aromatic carbocycles. The summed E-state index contributed by atoms with van der Waals surface area (Å²) in [5.41, 5.74) is 1.81. The van der Waals surface area contributed by atoms with Gasteiger partial charge in [-0.1, -0.05) is 29.3 Å². The van der Waals surface area contributed by atoms with E-state index in [0.717, 1.165) is 16.5 Å². The molecule has 0 spiro atoms. The van der Waals surface area contributed by atoms with E-state index in [9.17, 15) is 0 Å². The van der Waals surface area contributed by atoms with Crippen LogP contribution >= 0.6 is 23.2 Å². The molecule has 2 aromatic rings. The molecule has 0 bridgehead atoms. The van der Waals surface area contributed by atoms with Gasteiger partial charge in [0.2, 0.25) is 0 Å². The van der Waals surface area contributed by atoms with Crippen molar-refractivity contribution < 1.29 is 0 Å². The van der Waals surface area contributed by atoms with Crippen molar-refractivity contribution in [1.82, 2.24) is 10.2 Å². The summed E-state index contributed by atoms with van der Waals surface area (Å²) in [6, 6.07) is 3.74. The highest BCUT2D eigenvalue weighted by molar-refractivity contribution is 6.38. The van der Waals surface area contributed by atoms with Crippen molar-refractivity contribution in [3.05, 3.63) is 27.9 Å². The molecule has 2 nitrogen and oxygen atoms in total. The summed E-state index contributed by atoms with van der Waals surface area (Å²) in [6.45, 7) is 1.97. The van der Waals surface area contributed by atoms with E-state index in [1.165, 1.54) is 0 Å². The zero-order valence-corrected chi connectivity index (χ0v) is 7.87. The van der Waals surface area contributed by atoms with Crippen molar-refractivity contribution in [1.29, 1.82) is 0 Å². The summed E-state index contributed by atoms with van der Waals surface area (Å²) in [6.07, 6.45) is 0. The van der Waals surface area contributed by atoms with Gasteiger partial charge in [0, 0.05) is 5.39 Å². The van der Waals surface area contributed by atoms with E-state index in [0.29, 0.717) is 10.2 Å². The van der Waals surface area contributed by atoms with Gasteiger partial charge in [0.05, 0.1) is 5.02 Å². The molecule has 1 N–H and O–H groups in total. The fourth-order valence-corrected chi connectivity index (χ4v) is 1.69. The molecule has 0 fully saturated rings. The SMILES string of the molecule is Cc1ccc(Cl)c2n[nH]c(Cl)c12. The molecule has 0 aliphatic carbocycles. The Bertz CT molecular complexity index is 434. The summed E-state index contributed by atoms with van der Waals surface area (Å²) in [5, 5.41) is 8.76. The van der Waals surface area contributed by atoms with Crippen LogP contribution in [0.1, 0.15) is 5.56 Å². The zero-order chi connectivity index (χ0) is 8.72. The quantitative estimate of drug-likeness (QED) is 0.696. The number of aromatic amines is 1. The molecule has 0 aliphatic rings. The van der Waals surface area contributed by atoms with Crippen molar-refractivity contribution in [2.75, 3.05) is 0 Å². The van der Waals surface area contributed by atoms with Gasteiger partial charge in [-0.2, -0.15) is 5.10 Å². The minimum Gasteiger partial charge on any atom is -0.266 e. The van der Waals surface area contributed by atoms with Crippen LogP contribution in [0, 0.1) is 6.92 Å². The number of benzene rings is 1. The number of hydrogen-bond acceptors (Lipinski definition) is 1. The number of nitrogens with one attached hydrogen (secondary N) is 1. The predicted molar refractivity (Wildman–Crippen MR) is 50.9 cm³/mol. The molecule has 0 amide bonds. The molecule has 1 aromatic heterocycles. The summed E-state index contributed by atoms with van der Waals surface area (Å²) in [7, 11) is 0. The summed E-state index contributed by atoms with van der Waals surface area (Å²) in [5.74, 6) is 0. The molecule has 0 radical (unpaired) electrons. The molecule has 0 atom stereocenters. The average molecular weight is 201 g/mol. The Kier molecular flexibility index (Phi) is 1.74. The number of fused-ring (bicyclic) bond motifs is 1. The number of aryl methyl sites for hydroxylation is 1. The van der Waals surface area contributed by atoms with Gasteiger partial charge in [-0.05, 0) is 18.6 Å². The zero-order valence-electron chi connectivity index (χ0n) is 6.36. The molecule has 0 unspecified atom stereocenters. The molecular weight excluding hydrogens is 195 g/mol. The Morgan fingerprint density at radius 3 is 2.75 bits per heavy atom. The second-order valence-electron chi connectivity index (χ2n) is 2.63. The lowest BCUT2D eigenvalue weighted by molar-refractivity contribution is 1.12. The third kappa shape index (κ3) is 0.993. The van der Waals surface area contributed by atoms with Crippen LogP contribution < -0.4 is 0 Å². The van der Waals surface area contributed by atoms with Crippen molar-refractivity contribution in [2.45, 2.75) is 6.92 Å². The van der Waals surface area contributed by atoms with Crippen molar-refractivity contribution in [2.24, 2.45) is 0 Å². The standard InChI is InChI=1S/C8H6Cl2N2/c1-4-2-3-5(9)7-6(4)8(10)12-11-7/h2-3H,1H3,(H,11,12). The Labute approximate surface area is 79.5 Å². The van der Waals surface area contributed by atoms with Crippen LogP contribution in [-0.2, 0) is 0 Å². The van der Waals surface area contributed by atoms with Crippen LogP contribution in [0.15, 0.2) is 12.1 Å². The number of nitrogens with zero attached hydrogens (tertiary/aromatic N) is 1. The molecule has 62 valence electrons. The minimum atomic E-state index is 0.546. The number of rotatable bonds is 0. The summed E-state index contributed by atoms with van der Waals surface area (Å²) < 4.78 is 0. The summed E-state index contributed by atoms with van der Waals surface area (Å²) in [4.78, 5) is 0. The third-order valence-electron chi connectivity index (χ3n) is 1.82. The lowest BCUT2D eigenvalue weighted by Crippen LogP contribution is -1.75. The highest BCUT2D eigenvalue weighted by atomic mass is 35.5. The van der Waals surface area contributed by atoms with Gasteiger partial charge in [0.15, 0.2) is 0 Å². The summed E-state index contributed by atoms with van der Waals surface area (Å²) >= 11 is 11.8.